The lowest BCUT2D eigenvalue weighted by Crippen LogP contribution is -2.51. The lowest BCUT2D eigenvalue weighted by molar-refractivity contribution is -0.140. The van der Waals surface area contributed by atoms with Gasteiger partial charge in [-0.15, -0.1) is 0 Å². The zero-order valence-electron chi connectivity index (χ0n) is 14.9. The second kappa shape index (κ2) is 5.60. The molecule has 1 saturated heterocycles. The summed E-state index contributed by atoms with van der Waals surface area (Å²) < 4.78 is 0. The predicted molar refractivity (Wildman–Crippen MR) is 89.5 cm³/mol. The summed E-state index contributed by atoms with van der Waals surface area (Å²) in [6.07, 6.45) is 6.33. The van der Waals surface area contributed by atoms with Crippen molar-refractivity contribution in [3.05, 3.63) is 11.6 Å². The number of hydrogen-bond acceptors (Lipinski definition) is 3. The number of nitrogens with one attached hydrogen (secondary N) is 2. The van der Waals surface area contributed by atoms with Crippen LogP contribution in [-0.2, 0) is 9.59 Å². The van der Waals surface area contributed by atoms with Gasteiger partial charge < -0.3 is 5.32 Å². The van der Waals surface area contributed by atoms with Crippen molar-refractivity contribution in [2.24, 2.45) is 17.3 Å². The van der Waals surface area contributed by atoms with Gasteiger partial charge >= 0.3 is 6.03 Å². The Hall–Kier alpha value is -1.85. The highest BCUT2D eigenvalue weighted by molar-refractivity contribution is 6.08. The van der Waals surface area contributed by atoms with Gasteiger partial charge in [0.15, 0.2) is 0 Å². The van der Waals surface area contributed by atoms with Crippen LogP contribution in [-0.4, -0.2) is 28.4 Å². The first-order valence-corrected chi connectivity index (χ1v) is 8.81. The smallest absolute Gasteiger partial charge is 0.322 e. The molecule has 3 fully saturated rings. The fraction of sp³-hybridized carbons (Fsp3) is 0.722. The first-order valence-electron chi connectivity index (χ1n) is 8.81. The topological polar surface area (TPSA) is 78.5 Å². The number of allylic oxidation sites excluding steroid dienone is 2. The van der Waals surface area contributed by atoms with Crippen LogP contribution in [0.3, 0.4) is 0 Å². The van der Waals surface area contributed by atoms with Gasteiger partial charge in [0.2, 0.25) is 5.91 Å². The Labute approximate surface area is 143 Å². The monoisotopic (exact) mass is 333 g/mol. The number of carbonyl (C=O) groups excluding carboxylic acids is 3. The van der Waals surface area contributed by atoms with Gasteiger partial charge in [-0.1, -0.05) is 44.8 Å². The highest BCUT2D eigenvalue weighted by Gasteiger charge is 2.61. The summed E-state index contributed by atoms with van der Waals surface area (Å²) in [5.74, 6) is -0.626. The van der Waals surface area contributed by atoms with Gasteiger partial charge in [-0.3, -0.25) is 15.0 Å². The van der Waals surface area contributed by atoms with E-state index in [0.717, 1.165) is 24.3 Å². The van der Waals surface area contributed by atoms with Crippen LogP contribution in [0, 0.1) is 17.3 Å². The Balaban J connectivity index is 1.70. The molecule has 4 amide bonds. The quantitative estimate of drug-likeness (QED) is 0.615. The van der Waals surface area contributed by atoms with Crippen LogP contribution in [0.5, 0.6) is 0 Å². The zero-order valence-corrected chi connectivity index (χ0v) is 14.9. The van der Waals surface area contributed by atoms with Gasteiger partial charge in [-0.2, -0.15) is 5.01 Å². The minimum absolute atomic E-state index is 0.145. The molecule has 0 bridgehead atoms. The maximum absolute atomic E-state index is 12.7. The molecular weight excluding hydrogens is 306 g/mol. The summed E-state index contributed by atoms with van der Waals surface area (Å²) in [6.45, 7) is 8.09. The first-order chi connectivity index (χ1) is 11.2. The van der Waals surface area contributed by atoms with Gasteiger partial charge in [0.25, 0.3) is 5.91 Å². The normalized spacial score (nSPS) is 30.1. The number of hydrogen-bond donors (Lipinski definition) is 2. The van der Waals surface area contributed by atoms with E-state index in [1.807, 2.05) is 27.7 Å². The molecule has 2 atom stereocenters. The Morgan fingerprint density at radius 2 is 1.83 bits per heavy atom. The second-order valence-corrected chi connectivity index (χ2v) is 8.26. The molecule has 0 radical (unpaired) electrons. The molecule has 6 heteroatoms. The van der Waals surface area contributed by atoms with Crippen molar-refractivity contribution in [1.29, 1.82) is 0 Å². The van der Waals surface area contributed by atoms with Crippen molar-refractivity contribution in [2.45, 2.75) is 65.3 Å². The molecule has 3 aliphatic rings. The second-order valence-electron chi connectivity index (χ2n) is 8.26. The molecule has 1 heterocycles. The van der Waals surface area contributed by atoms with E-state index in [2.05, 4.69) is 16.8 Å². The SMILES string of the molecule is CC(C)=C[C@@H]1[C@@H](C(=O)NN2C(=O)NC3(CCCCC3)C2=O)C1(C)C. The minimum atomic E-state index is -0.805. The highest BCUT2D eigenvalue weighted by Crippen LogP contribution is 2.59. The molecule has 0 unspecified atom stereocenters. The van der Waals surface area contributed by atoms with Gasteiger partial charge in [-0.25, -0.2) is 4.79 Å². The molecule has 24 heavy (non-hydrogen) atoms. The highest BCUT2D eigenvalue weighted by atomic mass is 16.2. The molecule has 0 aromatic carbocycles. The molecule has 132 valence electrons. The number of imide groups is 1. The van der Waals surface area contributed by atoms with Gasteiger partial charge in [0.05, 0.1) is 5.92 Å². The summed E-state index contributed by atoms with van der Waals surface area (Å²) in [5, 5.41) is 3.71. The summed E-state index contributed by atoms with van der Waals surface area (Å²) in [7, 11) is 0. The average molecular weight is 333 g/mol. The van der Waals surface area contributed by atoms with Crippen molar-refractivity contribution < 1.29 is 14.4 Å². The number of nitrogens with zero attached hydrogens (tertiary/aromatic N) is 1. The summed E-state index contributed by atoms with van der Waals surface area (Å²) in [5.41, 5.74) is 2.79. The Kier molecular flexibility index (Phi) is 3.97. The number of rotatable bonds is 3. The predicted octanol–water partition coefficient (Wildman–Crippen LogP) is 2.51. The fourth-order valence-electron chi connectivity index (χ4n) is 4.24. The van der Waals surface area contributed by atoms with E-state index in [-0.39, 0.29) is 29.1 Å². The fourth-order valence-corrected chi connectivity index (χ4v) is 4.24. The van der Waals surface area contributed by atoms with Crippen LogP contribution in [0.4, 0.5) is 4.79 Å². The standard InChI is InChI=1S/C18H27N3O3/c1-11(2)10-12-13(17(12,3)4)14(22)20-21-15(23)18(19-16(21)24)8-6-5-7-9-18/h10,12-13H,5-9H2,1-4H3,(H,19,24)(H,20,22)/t12-,13+/m1/s1. The molecular formula is C18H27N3O3. The van der Waals surface area contributed by atoms with Gasteiger partial charge in [-0.05, 0) is 38.0 Å². The lowest BCUT2D eigenvalue weighted by atomic mass is 9.82. The molecule has 6 nitrogen and oxygen atoms in total. The summed E-state index contributed by atoms with van der Waals surface area (Å²) in [4.78, 5) is 37.5. The summed E-state index contributed by atoms with van der Waals surface area (Å²) in [6, 6.07) is -0.507. The minimum Gasteiger partial charge on any atom is -0.322 e. The maximum Gasteiger partial charge on any atom is 0.344 e. The molecule has 2 aliphatic carbocycles. The number of carbonyl (C=O) groups is 3. The molecule has 2 N–H and O–H groups in total. The van der Waals surface area contributed by atoms with E-state index < -0.39 is 11.6 Å². The largest absolute Gasteiger partial charge is 0.344 e. The van der Waals surface area contributed by atoms with Crippen LogP contribution >= 0.6 is 0 Å². The van der Waals surface area contributed by atoms with E-state index in [1.54, 1.807) is 0 Å². The maximum atomic E-state index is 12.7. The van der Waals surface area contributed by atoms with E-state index in [0.29, 0.717) is 12.8 Å². The van der Waals surface area contributed by atoms with E-state index >= 15 is 0 Å². The van der Waals surface area contributed by atoms with Crippen LogP contribution in [0.15, 0.2) is 11.6 Å². The number of amides is 4. The van der Waals surface area contributed by atoms with Gasteiger partial charge in [0, 0.05) is 0 Å². The average Bonchev–Trinajstić information content (AvgIpc) is 2.96. The number of hydrazine groups is 1. The van der Waals surface area contributed by atoms with Crippen molar-refractivity contribution in [2.75, 3.05) is 0 Å². The molecule has 1 spiro atoms. The lowest BCUT2D eigenvalue weighted by Gasteiger charge is -2.30. The molecule has 3 rings (SSSR count). The zero-order chi connectivity index (χ0) is 17.7. The van der Waals surface area contributed by atoms with Crippen LogP contribution < -0.4 is 10.7 Å². The molecule has 0 aromatic heterocycles. The van der Waals surface area contributed by atoms with Crippen molar-refractivity contribution in [3.8, 4) is 0 Å². The Morgan fingerprint density at radius 3 is 2.42 bits per heavy atom. The Morgan fingerprint density at radius 1 is 1.21 bits per heavy atom. The van der Waals surface area contributed by atoms with E-state index in [4.69, 9.17) is 0 Å². The third kappa shape index (κ3) is 2.62. The van der Waals surface area contributed by atoms with Crippen molar-refractivity contribution in [3.63, 3.8) is 0 Å². The third-order valence-electron chi connectivity index (χ3n) is 5.80. The molecule has 1 aliphatic heterocycles. The van der Waals surface area contributed by atoms with Gasteiger partial charge in [0.1, 0.15) is 5.54 Å². The van der Waals surface area contributed by atoms with Crippen LogP contribution in [0.2, 0.25) is 0 Å². The summed E-state index contributed by atoms with van der Waals surface area (Å²) >= 11 is 0. The van der Waals surface area contributed by atoms with Crippen LogP contribution in [0.25, 0.3) is 0 Å². The first kappa shape index (κ1) is 17.0. The Bertz CT molecular complexity index is 613. The van der Waals surface area contributed by atoms with E-state index in [1.165, 1.54) is 5.57 Å². The third-order valence-corrected chi connectivity index (χ3v) is 5.80. The molecule has 2 saturated carbocycles. The van der Waals surface area contributed by atoms with Crippen LogP contribution in [0.1, 0.15) is 59.8 Å². The van der Waals surface area contributed by atoms with Crippen molar-refractivity contribution >= 4 is 17.8 Å². The molecule has 0 aromatic rings. The number of urea groups is 1. The van der Waals surface area contributed by atoms with Crippen molar-refractivity contribution in [1.82, 2.24) is 15.8 Å². The van der Waals surface area contributed by atoms with E-state index in [9.17, 15) is 14.4 Å².